The molecule has 1 aromatic carbocycles. The number of carboxylic acids is 1. The lowest BCUT2D eigenvalue weighted by atomic mass is 10.0. The molecule has 0 aliphatic carbocycles. The summed E-state index contributed by atoms with van der Waals surface area (Å²) in [7, 11) is 0. The molecular formula is C14H15NO2. The van der Waals surface area contributed by atoms with Crippen molar-refractivity contribution in [2.45, 2.75) is 27.2 Å². The van der Waals surface area contributed by atoms with Crippen LogP contribution in [0.1, 0.15) is 22.4 Å². The number of carboxylic acid groups (broad SMARTS) is 1. The first-order valence-corrected chi connectivity index (χ1v) is 5.56. The highest BCUT2D eigenvalue weighted by Gasteiger charge is 2.08. The maximum absolute atomic E-state index is 10.7. The summed E-state index contributed by atoms with van der Waals surface area (Å²) < 4.78 is 0. The molecule has 17 heavy (non-hydrogen) atoms. The van der Waals surface area contributed by atoms with E-state index in [1.54, 1.807) is 0 Å². The Kier molecular flexibility index (Phi) is 2.84. The van der Waals surface area contributed by atoms with E-state index in [-0.39, 0.29) is 6.42 Å². The molecule has 2 aromatic rings. The zero-order chi connectivity index (χ0) is 12.6. The first-order chi connectivity index (χ1) is 7.97. The second-order valence-corrected chi connectivity index (χ2v) is 4.48. The molecule has 0 unspecified atom stereocenters. The minimum Gasteiger partial charge on any atom is -0.481 e. The van der Waals surface area contributed by atoms with Gasteiger partial charge in [0.05, 0.1) is 17.6 Å². The Morgan fingerprint density at radius 1 is 1.18 bits per heavy atom. The Labute approximate surface area is 100 Å². The quantitative estimate of drug-likeness (QED) is 0.861. The Morgan fingerprint density at radius 2 is 1.82 bits per heavy atom. The van der Waals surface area contributed by atoms with Crippen LogP contribution in [0.2, 0.25) is 0 Å². The largest absolute Gasteiger partial charge is 0.481 e. The minimum atomic E-state index is -0.847. The monoisotopic (exact) mass is 229 g/mol. The van der Waals surface area contributed by atoms with Gasteiger partial charge in [0, 0.05) is 5.39 Å². The van der Waals surface area contributed by atoms with Crippen molar-refractivity contribution in [3.05, 3.63) is 40.6 Å². The van der Waals surface area contributed by atoms with E-state index in [1.165, 1.54) is 5.56 Å². The third-order valence-electron chi connectivity index (χ3n) is 2.83. The van der Waals surface area contributed by atoms with Crippen LogP contribution < -0.4 is 0 Å². The molecular weight excluding hydrogens is 214 g/mol. The maximum atomic E-state index is 10.7. The van der Waals surface area contributed by atoms with E-state index in [4.69, 9.17) is 5.11 Å². The highest BCUT2D eigenvalue weighted by Crippen LogP contribution is 2.23. The molecule has 0 aliphatic heterocycles. The minimum absolute atomic E-state index is 0.0240. The van der Waals surface area contributed by atoms with Gasteiger partial charge in [-0.1, -0.05) is 6.07 Å². The second-order valence-electron chi connectivity index (χ2n) is 4.48. The van der Waals surface area contributed by atoms with Gasteiger partial charge in [-0.05, 0) is 49.6 Å². The number of aromatic nitrogens is 1. The molecule has 1 aromatic heterocycles. The number of carbonyl (C=O) groups is 1. The Bertz CT molecular complexity index is 603. The summed E-state index contributed by atoms with van der Waals surface area (Å²) in [4.78, 5) is 15.1. The Hall–Kier alpha value is -1.90. The molecule has 3 heteroatoms. The van der Waals surface area contributed by atoms with Crippen LogP contribution in [0.5, 0.6) is 0 Å². The summed E-state index contributed by atoms with van der Waals surface area (Å²) in [6, 6.07) is 5.98. The molecule has 0 atom stereocenters. The fourth-order valence-corrected chi connectivity index (χ4v) is 2.30. The van der Waals surface area contributed by atoms with Crippen LogP contribution in [-0.4, -0.2) is 16.1 Å². The van der Waals surface area contributed by atoms with E-state index < -0.39 is 5.97 Å². The van der Waals surface area contributed by atoms with E-state index >= 15 is 0 Å². The number of hydrogen-bond donors (Lipinski definition) is 1. The first-order valence-electron chi connectivity index (χ1n) is 5.56. The summed E-state index contributed by atoms with van der Waals surface area (Å²) in [5, 5.41) is 9.93. The lowest BCUT2D eigenvalue weighted by Gasteiger charge is -2.09. The zero-order valence-electron chi connectivity index (χ0n) is 10.2. The predicted molar refractivity (Wildman–Crippen MR) is 67.3 cm³/mol. The molecule has 88 valence electrons. The van der Waals surface area contributed by atoms with Crippen molar-refractivity contribution in [3.8, 4) is 0 Å². The van der Waals surface area contributed by atoms with Crippen molar-refractivity contribution >= 4 is 16.9 Å². The molecule has 3 nitrogen and oxygen atoms in total. The van der Waals surface area contributed by atoms with Gasteiger partial charge >= 0.3 is 5.97 Å². The zero-order valence-corrected chi connectivity index (χ0v) is 10.2. The second kappa shape index (κ2) is 4.17. The van der Waals surface area contributed by atoms with Crippen LogP contribution in [0, 0.1) is 20.8 Å². The number of hydrogen-bond acceptors (Lipinski definition) is 2. The molecule has 0 radical (unpaired) electrons. The van der Waals surface area contributed by atoms with Gasteiger partial charge in [0.1, 0.15) is 0 Å². The summed E-state index contributed by atoms with van der Waals surface area (Å²) in [5.74, 6) is -0.847. The Morgan fingerprint density at radius 3 is 2.47 bits per heavy atom. The van der Waals surface area contributed by atoms with Gasteiger partial charge < -0.3 is 5.11 Å². The fourth-order valence-electron chi connectivity index (χ4n) is 2.30. The summed E-state index contributed by atoms with van der Waals surface area (Å²) in [6.07, 6.45) is -0.0240. The number of benzene rings is 1. The lowest BCUT2D eigenvalue weighted by molar-refractivity contribution is -0.136. The number of rotatable bonds is 2. The number of fused-ring (bicyclic) bond motifs is 1. The van der Waals surface area contributed by atoms with E-state index in [0.717, 1.165) is 22.0 Å². The van der Waals surface area contributed by atoms with Crippen molar-refractivity contribution in [3.63, 3.8) is 0 Å². The molecule has 1 N–H and O–H groups in total. The average Bonchev–Trinajstić information content (AvgIpc) is 2.13. The normalized spacial score (nSPS) is 10.8. The standard InChI is InChI=1S/C14H15NO2/c1-8-4-9(2)14-10(3)6-11(7-13(16)17)15-12(14)5-8/h4-6H,7H2,1-3H3,(H,16,17). The highest BCUT2D eigenvalue weighted by atomic mass is 16.4. The van der Waals surface area contributed by atoms with E-state index in [0.29, 0.717) is 5.69 Å². The maximum Gasteiger partial charge on any atom is 0.309 e. The fraction of sp³-hybridized carbons (Fsp3) is 0.286. The number of pyridine rings is 1. The molecule has 0 amide bonds. The molecule has 0 saturated heterocycles. The number of aryl methyl sites for hydroxylation is 3. The van der Waals surface area contributed by atoms with Gasteiger partial charge in [-0.15, -0.1) is 0 Å². The lowest BCUT2D eigenvalue weighted by Crippen LogP contribution is -2.03. The molecule has 0 bridgehead atoms. The molecule has 0 aliphatic rings. The van der Waals surface area contributed by atoms with Crippen molar-refractivity contribution in [1.82, 2.24) is 4.98 Å². The van der Waals surface area contributed by atoms with Gasteiger partial charge in [-0.25, -0.2) is 0 Å². The van der Waals surface area contributed by atoms with Crippen molar-refractivity contribution in [2.75, 3.05) is 0 Å². The molecule has 0 fully saturated rings. The molecule has 0 saturated carbocycles. The van der Waals surface area contributed by atoms with Crippen LogP contribution >= 0.6 is 0 Å². The average molecular weight is 229 g/mol. The molecule has 0 spiro atoms. The van der Waals surface area contributed by atoms with E-state index in [1.807, 2.05) is 26.0 Å². The Balaban J connectivity index is 2.68. The van der Waals surface area contributed by atoms with Gasteiger partial charge in [0.25, 0.3) is 0 Å². The third kappa shape index (κ3) is 2.28. The highest BCUT2D eigenvalue weighted by molar-refractivity contribution is 5.86. The van der Waals surface area contributed by atoms with Crippen LogP contribution in [0.15, 0.2) is 18.2 Å². The van der Waals surface area contributed by atoms with Crippen LogP contribution in [0.4, 0.5) is 0 Å². The summed E-state index contributed by atoms with van der Waals surface area (Å²) in [6.45, 7) is 6.08. The first kappa shape index (κ1) is 11.6. The van der Waals surface area contributed by atoms with Crippen molar-refractivity contribution < 1.29 is 9.90 Å². The third-order valence-corrected chi connectivity index (χ3v) is 2.83. The number of aliphatic carboxylic acids is 1. The van der Waals surface area contributed by atoms with Gasteiger partial charge in [-0.3, -0.25) is 9.78 Å². The van der Waals surface area contributed by atoms with Crippen LogP contribution in [-0.2, 0) is 11.2 Å². The SMILES string of the molecule is Cc1cc(C)c2c(C)cc(CC(=O)O)nc2c1. The summed E-state index contributed by atoms with van der Waals surface area (Å²) >= 11 is 0. The molecule has 2 rings (SSSR count). The topological polar surface area (TPSA) is 50.2 Å². The van der Waals surface area contributed by atoms with Gasteiger partial charge in [0.2, 0.25) is 0 Å². The predicted octanol–water partition coefficient (Wildman–Crippen LogP) is 2.79. The van der Waals surface area contributed by atoms with Crippen LogP contribution in [0.25, 0.3) is 10.9 Å². The smallest absolute Gasteiger partial charge is 0.309 e. The summed E-state index contributed by atoms with van der Waals surface area (Å²) in [5.41, 5.74) is 4.93. The van der Waals surface area contributed by atoms with Crippen molar-refractivity contribution in [2.24, 2.45) is 0 Å². The van der Waals surface area contributed by atoms with E-state index in [9.17, 15) is 4.79 Å². The van der Waals surface area contributed by atoms with Crippen molar-refractivity contribution in [1.29, 1.82) is 0 Å². The van der Waals surface area contributed by atoms with Crippen LogP contribution in [0.3, 0.4) is 0 Å². The number of nitrogens with zero attached hydrogens (tertiary/aromatic N) is 1. The van der Waals surface area contributed by atoms with Gasteiger partial charge in [-0.2, -0.15) is 0 Å². The van der Waals surface area contributed by atoms with Gasteiger partial charge in [0.15, 0.2) is 0 Å². The van der Waals surface area contributed by atoms with E-state index in [2.05, 4.69) is 18.0 Å². The molecule has 1 heterocycles.